The third kappa shape index (κ3) is 4.20. The molecule has 0 N–H and O–H groups in total. The van der Waals surface area contributed by atoms with Crippen LogP contribution >= 0.6 is 11.3 Å². The number of carbonyl (C=O) groups excluding carboxylic acids is 1. The number of carbonyl (C=O) groups is 1. The molecule has 2 aromatic rings. The first-order chi connectivity index (χ1) is 12.6. The van der Waals surface area contributed by atoms with Gasteiger partial charge in [0.1, 0.15) is 5.56 Å². The fraction of sp³-hybridized carbons (Fsp3) is 0.389. The summed E-state index contributed by atoms with van der Waals surface area (Å²) in [6.45, 7) is 4.53. The van der Waals surface area contributed by atoms with E-state index in [9.17, 15) is 14.9 Å². The van der Waals surface area contributed by atoms with Crippen molar-refractivity contribution in [3.63, 3.8) is 0 Å². The summed E-state index contributed by atoms with van der Waals surface area (Å²) in [5.41, 5.74) is 0.583. The Morgan fingerprint density at radius 1 is 1.27 bits per heavy atom. The number of rotatable bonds is 6. The first kappa shape index (κ1) is 18.3. The predicted molar refractivity (Wildman–Crippen MR) is 101 cm³/mol. The third-order valence-corrected chi connectivity index (χ3v) is 5.51. The van der Waals surface area contributed by atoms with Crippen molar-refractivity contribution in [3.05, 3.63) is 56.3 Å². The van der Waals surface area contributed by atoms with Gasteiger partial charge >= 0.3 is 5.97 Å². The summed E-state index contributed by atoms with van der Waals surface area (Å²) in [6, 6.07) is 8.87. The number of anilines is 1. The van der Waals surface area contributed by atoms with E-state index >= 15 is 0 Å². The molecule has 3 rings (SSSR count). The second-order valence-electron chi connectivity index (χ2n) is 6.11. The molecule has 0 bridgehead atoms. The molecule has 1 aliphatic heterocycles. The largest absolute Gasteiger partial charge is 0.465 e. The summed E-state index contributed by atoms with van der Waals surface area (Å²) in [4.78, 5) is 28.4. The minimum absolute atomic E-state index is 0.00451. The number of ether oxygens (including phenoxy) is 1. The highest BCUT2D eigenvalue weighted by molar-refractivity contribution is 7.09. The Hall–Kier alpha value is -2.45. The zero-order chi connectivity index (χ0) is 18.5. The van der Waals surface area contributed by atoms with E-state index in [0.29, 0.717) is 0 Å². The highest BCUT2D eigenvalue weighted by Crippen LogP contribution is 2.26. The highest BCUT2D eigenvalue weighted by Gasteiger charge is 2.24. The summed E-state index contributed by atoms with van der Waals surface area (Å²) in [7, 11) is 1.23. The Kier molecular flexibility index (Phi) is 5.85. The third-order valence-electron chi connectivity index (χ3n) is 4.57. The number of methoxy groups -OCH3 is 1. The van der Waals surface area contributed by atoms with E-state index in [4.69, 9.17) is 0 Å². The standard InChI is InChI=1S/C18H21N3O4S/c1-25-18(22)16-13-14(4-5-17(16)21(23)24)20-10-8-19(9-11-20)7-6-15-3-2-12-26-15/h2-5,12-13H,6-11H2,1H3. The molecular formula is C18H21N3O4S. The fourth-order valence-electron chi connectivity index (χ4n) is 3.11. The summed E-state index contributed by atoms with van der Waals surface area (Å²) in [6.07, 6.45) is 1.06. The van der Waals surface area contributed by atoms with Gasteiger partial charge in [0.05, 0.1) is 12.0 Å². The van der Waals surface area contributed by atoms with Crippen LogP contribution in [0.5, 0.6) is 0 Å². The maximum absolute atomic E-state index is 11.9. The number of piperazine rings is 1. The molecule has 138 valence electrons. The molecule has 1 fully saturated rings. The van der Waals surface area contributed by atoms with Crippen LogP contribution in [0.3, 0.4) is 0 Å². The van der Waals surface area contributed by atoms with Crippen molar-refractivity contribution in [2.45, 2.75) is 6.42 Å². The van der Waals surface area contributed by atoms with E-state index in [2.05, 4.69) is 32.0 Å². The van der Waals surface area contributed by atoms with Gasteiger partial charge in [-0.1, -0.05) is 6.07 Å². The Bertz CT molecular complexity index is 771. The monoisotopic (exact) mass is 375 g/mol. The van der Waals surface area contributed by atoms with Crippen molar-refractivity contribution in [2.75, 3.05) is 44.7 Å². The predicted octanol–water partition coefficient (Wildman–Crippen LogP) is 2.81. The van der Waals surface area contributed by atoms with Crippen molar-refractivity contribution in [3.8, 4) is 0 Å². The van der Waals surface area contributed by atoms with E-state index < -0.39 is 10.9 Å². The molecule has 0 spiro atoms. The lowest BCUT2D eigenvalue weighted by Crippen LogP contribution is -2.47. The lowest BCUT2D eigenvalue weighted by atomic mass is 10.1. The van der Waals surface area contributed by atoms with Crippen LogP contribution < -0.4 is 4.90 Å². The minimum Gasteiger partial charge on any atom is -0.465 e. The van der Waals surface area contributed by atoms with Gasteiger partial charge < -0.3 is 9.64 Å². The number of hydrogen-bond acceptors (Lipinski definition) is 7. The van der Waals surface area contributed by atoms with E-state index in [1.807, 2.05) is 0 Å². The average Bonchev–Trinajstić information content (AvgIpc) is 3.19. The van der Waals surface area contributed by atoms with Gasteiger partial charge in [-0.15, -0.1) is 11.3 Å². The molecule has 0 saturated carbocycles. The molecule has 1 aliphatic rings. The molecule has 0 unspecified atom stereocenters. The smallest absolute Gasteiger partial charge is 0.344 e. The molecule has 1 aromatic carbocycles. The van der Waals surface area contributed by atoms with Crippen LogP contribution in [-0.2, 0) is 11.2 Å². The van der Waals surface area contributed by atoms with Crippen LogP contribution in [0.2, 0.25) is 0 Å². The van der Waals surface area contributed by atoms with Gasteiger partial charge in [-0.05, 0) is 30.0 Å². The molecule has 8 heteroatoms. The maximum atomic E-state index is 11.9. The lowest BCUT2D eigenvalue weighted by molar-refractivity contribution is -0.385. The molecule has 0 aliphatic carbocycles. The quantitative estimate of drug-likeness (QED) is 0.439. The normalized spacial score (nSPS) is 15.0. The van der Waals surface area contributed by atoms with Gasteiger partial charge in [-0.3, -0.25) is 15.0 Å². The number of thiophene rings is 1. The lowest BCUT2D eigenvalue weighted by Gasteiger charge is -2.36. The van der Waals surface area contributed by atoms with Crippen molar-refractivity contribution in [1.82, 2.24) is 4.90 Å². The molecule has 0 radical (unpaired) electrons. The SMILES string of the molecule is COC(=O)c1cc(N2CCN(CCc3cccs3)CC2)ccc1[N+](=O)[O-]. The number of nitrogens with zero attached hydrogens (tertiary/aromatic N) is 3. The Morgan fingerprint density at radius 3 is 2.65 bits per heavy atom. The fourth-order valence-corrected chi connectivity index (χ4v) is 3.80. The van der Waals surface area contributed by atoms with Gasteiger partial charge in [0.2, 0.25) is 0 Å². The van der Waals surface area contributed by atoms with E-state index in [1.165, 1.54) is 18.1 Å². The van der Waals surface area contributed by atoms with Crippen molar-refractivity contribution in [1.29, 1.82) is 0 Å². The number of nitro benzene ring substituents is 1. The molecule has 1 saturated heterocycles. The Labute approximate surface area is 155 Å². The van der Waals surface area contributed by atoms with Crippen LogP contribution in [0.1, 0.15) is 15.2 Å². The van der Waals surface area contributed by atoms with E-state index in [1.54, 1.807) is 23.5 Å². The molecule has 2 heterocycles. The van der Waals surface area contributed by atoms with Gasteiger partial charge in [0, 0.05) is 49.4 Å². The summed E-state index contributed by atoms with van der Waals surface area (Å²) in [5, 5.41) is 13.2. The van der Waals surface area contributed by atoms with Crippen LogP contribution in [0, 0.1) is 10.1 Å². The maximum Gasteiger partial charge on any atom is 0.344 e. The van der Waals surface area contributed by atoms with Crippen molar-refractivity contribution in [2.24, 2.45) is 0 Å². The molecule has 1 aromatic heterocycles. The molecule has 26 heavy (non-hydrogen) atoms. The Balaban J connectivity index is 1.63. The van der Waals surface area contributed by atoms with Crippen LogP contribution in [0.15, 0.2) is 35.7 Å². The zero-order valence-electron chi connectivity index (χ0n) is 14.6. The number of nitro groups is 1. The molecular weight excluding hydrogens is 354 g/mol. The molecule has 0 atom stereocenters. The summed E-state index contributed by atoms with van der Waals surface area (Å²) < 4.78 is 4.68. The molecule has 0 amide bonds. The van der Waals surface area contributed by atoms with Gasteiger partial charge in [0.25, 0.3) is 5.69 Å². The van der Waals surface area contributed by atoms with Gasteiger partial charge in [-0.2, -0.15) is 0 Å². The number of esters is 1. The highest BCUT2D eigenvalue weighted by atomic mass is 32.1. The van der Waals surface area contributed by atoms with Crippen LogP contribution in [-0.4, -0.2) is 55.6 Å². The first-order valence-corrected chi connectivity index (χ1v) is 9.33. The van der Waals surface area contributed by atoms with Gasteiger partial charge in [0.15, 0.2) is 0 Å². The van der Waals surface area contributed by atoms with Crippen molar-refractivity contribution < 1.29 is 14.5 Å². The first-order valence-electron chi connectivity index (χ1n) is 8.45. The van der Waals surface area contributed by atoms with E-state index in [0.717, 1.165) is 44.8 Å². The second-order valence-corrected chi connectivity index (χ2v) is 7.14. The second kappa shape index (κ2) is 8.29. The minimum atomic E-state index is -0.687. The zero-order valence-corrected chi connectivity index (χ0v) is 15.4. The number of benzene rings is 1. The number of hydrogen-bond donors (Lipinski definition) is 0. The summed E-state index contributed by atoms with van der Waals surface area (Å²) >= 11 is 1.78. The van der Waals surface area contributed by atoms with E-state index in [-0.39, 0.29) is 11.3 Å². The van der Waals surface area contributed by atoms with Gasteiger partial charge in [-0.25, -0.2) is 4.79 Å². The van der Waals surface area contributed by atoms with Crippen LogP contribution in [0.4, 0.5) is 11.4 Å². The molecule has 7 nitrogen and oxygen atoms in total. The topological polar surface area (TPSA) is 75.9 Å². The van der Waals surface area contributed by atoms with Crippen LogP contribution in [0.25, 0.3) is 0 Å². The summed E-state index contributed by atoms with van der Waals surface area (Å²) in [5.74, 6) is -0.687. The van der Waals surface area contributed by atoms with Crippen molar-refractivity contribution >= 4 is 28.7 Å². The Morgan fingerprint density at radius 2 is 2.04 bits per heavy atom. The average molecular weight is 375 g/mol.